The van der Waals surface area contributed by atoms with Gasteiger partial charge in [0.05, 0.1) is 6.10 Å². The van der Waals surface area contributed by atoms with Crippen LogP contribution in [-0.2, 0) is 9.53 Å². The molecule has 1 amide bonds. The second kappa shape index (κ2) is 4.28. The highest BCUT2D eigenvalue weighted by Crippen LogP contribution is 2.19. The Morgan fingerprint density at radius 2 is 2.21 bits per heavy atom. The van der Waals surface area contributed by atoms with Crippen LogP contribution in [0.25, 0.3) is 0 Å². The van der Waals surface area contributed by atoms with E-state index in [1.54, 1.807) is 0 Å². The molecule has 3 N–H and O–H groups in total. The first-order valence-corrected chi connectivity index (χ1v) is 5.12. The maximum Gasteiger partial charge on any atom is 0.249 e. The fourth-order valence-corrected chi connectivity index (χ4v) is 1.46. The van der Waals surface area contributed by atoms with Crippen LogP contribution in [-0.4, -0.2) is 30.2 Å². The molecular formula is C10H20N2O2. The van der Waals surface area contributed by atoms with Gasteiger partial charge >= 0.3 is 0 Å². The molecule has 2 unspecified atom stereocenters. The van der Waals surface area contributed by atoms with E-state index >= 15 is 0 Å². The second-order valence-corrected chi connectivity index (χ2v) is 4.59. The maximum absolute atomic E-state index is 11.7. The molecule has 4 heteroatoms. The zero-order valence-electron chi connectivity index (χ0n) is 9.17. The lowest BCUT2D eigenvalue weighted by molar-refractivity contribution is -0.133. The van der Waals surface area contributed by atoms with Gasteiger partial charge in [-0.15, -0.1) is 0 Å². The normalized spacial score (nSPS) is 27.7. The van der Waals surface area contributed by atoms with Gasteiger partial charge in [0.2, 0.25) is 5.91 Å². The third-order valence-electron chi connectivity index (χ3n) is 2.50. The van der Waals surface area contributed by atoms with Crippen LogP contribution >= 0.6 is 0 Å². The Labute approximate surface area is 85.2 Å². The van der Waals surface area contributed by atoms with Crippen LogP contribution < -0.4 is 11.1 Å². The standard InChI is InChI=1S/C10H20N2O2/c1-7-4-5-8(14-7)9(13)12-10(2,3)6-11/h7-8H,4-6,11H2,1-3H3,(H,12,13). The van der Waals surface area contributed by atoms with Crippen molar-refractivity contribution in [2.45, 2.75) is 51.4 Å². The molecule has 0 aromatic heterocycles. The minimum Gasteiger partial charge on any atom is -0.365 e. The van der Waals surface area contributed by atoms with E-state index in [9.17, 15) is 4.79 Å². The Hall–Kier alpha value is -0.610. The third-order valence-corrected chi connectivity index (χ3v) is 2.50. The smallest absolute Gasteiger partial charge is 0.249 e. The van der Waals surface area contributed by atoms with Gasteiger partial charge < -0.3 is 15.8 Å². The maximum atomic E-state index is 11.7. The highest BCUT2D eigenvalue weighted by molar-refractivity contribution is 5.81. The van der Waals surface area contributed by atoms with Gasteiger partial charge in [-0.25, -0.2) is 0 Å². The highest BCUT2D eigenvalue weighted by atomic mass is 16.5. The summed E-state index contributed by atoms with van der Waals surface area (Å²) in [5, 5.41) is 2.88. The summed E-state index contributed by atoms with van der Waals surface area (Å²) in [5.74, 6) is -0.0372. The number of carbonyl (C=O) groups excluding carboxylic acids is 1. The summed E-state index contributed by atoms with van der Waals surface area (Å²) in [6.07, 6.45) is 1.69. The molecule has 1 heterocycles. The Morgan fingerprint density at radius 3 is 2.64 bits per heavy atom. The summed E-state index contributed by atoms with van der Waals surface area (Å²) >= 11 is 0. The molecule has 4 nitrogen and oxygen atoms in total. The number of nitrogens with two attached hydrogens (primary N) is 1. The average molecular weight is 200 g/mol. The van der Waals surface area contributed by atoms with E-state index in [-0.39, 0.29) is 23.7 Å². The first-order chi connectivity index (χ1) is 6.44. The molecule has 1 fully saturated rings. The van der Waals surface area contributed by atoms with Crippen LogP contribution in [0.15, 0.2) is 0 Å². The zero-order chi connectivity index (χ0) is 10.8. The van der Waals surface area contributed by atoms with Gasteiger partial charge in [-0.2, -0.15) is 0 Å². The molecule has 2 atom stereocenters. The fraction of sp³-hybridized carbons (Fsp3) is 0.900. The van der Waals surface area contributed by atoms with E-state index in [1.165, 1.54) is 0 Å². The van der Waals surface area contributed by atoms with Crippen molar-refractivity contribution >= 4 is 5.91 Å². The van der Waals surface area contributed by atoms with Crippen molar-refractivity contribution in [3.05, 3.63) is 0 Å². The van der Waals surface area contributed by atoms with Crippen molar-refractivity contribution in [2.75, 3.05) is 6.54 Å². The number of rotatable bonds is 3. The first kappa shape index (κ1) is 11.5. The summed E-state index contributed by atoms with van der Waals surface area (Å²) in [6, 6.07) is 0. The molecule has 1 rings (SSSR count). The minimum absolute atomic E-state index is 0.0372. The Bertz CT molecular complexity index is 216. The molecule has 1 aliphatic heterocycles. The molecule has 0 aromatic carbocycles. The second-order valence-electron chi connectivity index (χ2n) is 4.59. The van der Waals surface area contributed by atoms with Crippen LogP contribution in [0.3, 0.4) is 0 Å². The molecule has 0 aliphatic carbocycles. The highest BCUT2D eigenvalue weighted by Gasteiger charge is 2.30. The molecule has 0 spiro atoms. The van der Waals surface area contributed by atoms with Crippen molar-refractivity contribution in [3.8, 4) is 0 Å². The summed E-state index contributed by atoms with van der Waals surface area (Å²) < 4.78 is 5.46. The van der Waals surface area contributed by atoms with Crippen molar-refractivity contribution in [1.82, 2.24) is 5.32 Å². The Balaban J connectivity index is 2.43. The van der Waals surface area contributed by atoms with Gasteiger partial charge in [0, 0.05) is 12.1 Å². The van der Waals surface area contributed by atoms with Crippen LogP contribution in [0.5, 0.6) is 0 Å². The molecule has 1 saturated heterocycles. The monoisotopic (exact) mass is 200 g/mol. The largest absolute Gasteiger partial charge is 0.365 e. The molecule has 14 heavy (non-hydrogen) atoms. The van der Waals surface area contributed by atoms with E-state index in [1.807, 2.05) is 20.8 Å². The van der Waals surface area contributed by atoms with E-state index in [4.69, 9.17) is 10.5 Å². The van der Waals surface area contributed by atoms with E-state index in [2.05, 4.69) is 5.32 Å². The predicted octanol–water partition coefficient (Wildman–Crippen LogP) is 0.407. The molecule has 1 aliphatic rings. The van der Waals surface area contributed by atoms with Crippen molar-refractivity contribution < 1.29 is 9.53 Å². The number of nitrogens with one attached hydrogen (secondary N) is 1. The first-order valence-electron chi connectivity index (χ1n) is 5.12. The topological polar surface area (TPSA) is 64.4 Å². The van der Waals surface area contributed by atoms with Gasteiger partial charge in [-0.05, 0) is 33.6 Å². The van der Waals surface area contributed by atoms with Crippen molar-refractivity contribution in [1.29, 1.82) is 0 Å². The molecule has 0 bridgehead atoms. The predicted molar refractivity (Wildman–Crippen MR) is 54.8 cm³/mol. The van der Waals surface area contributed by atoms with Crippen molar-refractivity contribution in [3.63, 3.8) is 0 Å². The summed E-state index contributed by atoms with van der Waals surface area (Å²) in [4.78, 5) is 11.7. The molecule has 0 radical (unpaired) electrons. The van der Waals surface area contributed by atoms with Gasteiger partial charge in [-0.3, -0.25) is 4.79 Å². The lowest BCUT2D eigenvalue weighted by Crippen LogP contribution is -2.52. The lowest BCUT2D eigenvalue weighted by atomic mass is 10.1. The van der Waals surface area contributed by atoms with Crippen molar-refractivity contribution in [2.24, 2.45) is 5.73 Å². The quantitative estimate of drug-likeness (QED) is 0.693. The van der Waals surface area contributed by atoms with Gasteiger partial charge in [-0.1, -0.05) is 0 Å². The lowest BCUT2D eigenvalue weighted by Gasteiger charge is -2.25. The van der Waals surface area contributed by atoms with Gasteiger partial charge in [0.15, 0.2) is 0 Å². The summed E-state index contributed by atoms with van der Waals surface area (Å²) in [6.45, 7) is 6.23. The number of carbonyl (C=O) groups is 1. The zero-order valence-corrected chi connectivity index (χ0v) is 9.17. The van der Waals surface area contributed by atoms with Gasteiger partial charge in [0.25, 0.3) is 0 Å². The number of ether oxygens (including phenoxy) is 1. The number of amides is 1. The third kappa shape index (κ3) is 2.96. The average Bonchev–Trinajstić information content (AvgIpc) is 2.51. The van der Waals surface area contributed by atoms with E-state index in [0.717, 1.165) is 12.8 Å². The van der Waals surface area contributed by atoms with Crippen LogP contribution in [0.2, 0.25) is 0 Å². The van der Waals surface area contributed by atoms with Crippen LogP contribution in [0.4, 0.5) is 0 Å². The van der Waals surface area contributed by atoms with E-state index in [0.29, 0.717) is 6.54 Å². The van der Waals surface area contributed by atoms with Crippen LogP contribution in [0.1, 0.15) is 33.6 Å². The minimum atomic E-state index is -0.341. The molecule has 82 valence electrons. The number of hydrogen-bond acceptors (Lipinski definition) is 3. The Kier molecular flexibility index (Phi) is 3.50. The SMILES string of the molecule is CC1CCC(C(=O)NC(C)(C)CN)O1. The van der Waals surface area contributed by atoms with Gasteiger partial charge in [0.1, 0.15) is 6.10 Å². The Morgan fingerprint density at radius 1 is 1.57 bits per heavy atom. The molecule has 0 saturated carbocycles. The van der Waals surface area contributed by atoms with Crippen LogP contribution in [0, 0.1) is 0 Å². The molecule has 0 aromatic rings. The summed E-state index contributed by atoms with van der Waals surface area (Å²) in [5.41, 5.74) is 5.18. The van der Waals surface area contributed by atoms with E-state index < -0.39 is 0 Å². The fourth-order valence-electron chi connectivity index (χ4n) is 1.46. The number of hydrogen-bond donors (Lipinski definition) is 2. The molecular weight excluding hydrogens is 180 g/mol. The summed E-state index contributed by atoms with van der Waals surface area (Å²) in [7, 11) is 0.